The standard InChI is InChI=1S/C19H19ClN2.ClH/c1-19(2,15-5-7-16(20)8-6-15)18-17-11-13(12-21)3-4-14(17)9-10-22-18;/h3-8,11,18,22H,9-10H2,1-2H3;1H. The number of nitrogens with zero attached hydrogens (tertiary/aromatic N) is 1. The van der Waals surface area contributed by atoms with Gasteiger partial charge in [-0.25, -0.2) is 0 Å². The van der Waals surface area contributed by atoms with Crippen LogP contribution in [-0.4, -0.2) is 6.54 Å². The summed E-state index contributed by atoms with van der Waals surface area (Å²) in [7, 11) is 0. The Labute approximate surface area is 148 Å². The van der Waals surface area contributed by atoms with Crippen molar-refractivity contribution in [2.45, 2.75) is 31.7 Å². The lowest BCUT2D eigenvalue weighted by molar-refractivity contribution is 0.335. The van der Waals surface area contributed by atoms with Crippen molar-refractivity contribution in [3.63, 3.8) is 0 Å². The molecular weight excluding hydrogens is 327 g/mol. The third kappa shape index (κ3) is 3.38. The van der Waals surface area contributed by atoms with Crippen LogP contribution in [-0.2, 0) is 11.8 Å². The zero-order valence-electron chi connectivity index (χ0n) is 13.3. The smallest absolute Gasteiger partial charge is 0.0991 e. The SMILES string of the molecule is CC(C)(c1ccc(Cl)cc1)C1NCCc2ccc(C#N)cc21.Cl. The molecule has 0 amide bonds. The van der Waals surface area contributed by atoms with Gasteiger partial charge in [0.25, 0.3) is 0 Å². The van der Waals surface area contributed by atoms with Crippen LogP contribution in [0.2, 0.25) is 5.02 Å². The van der Waals surface area contributed by atoms with Crippen molar-refractivity contribution in [1.29, 1.82) is 5.26 Å². The van der Waals surface area contributed by atoms with Gasteiger partial charge in [0.2, 0.25) is 0 Å². The molecule has 0 radical (unpaired) electrons. The van der Waals surface area contributed by atoms with Gasteiger partial charge in [0.05, 0.1) is 11.6 Å². The van der Waals surface area contributed by atoms with Crippen molar-refractivity contribution in [3.05, 3.63) is 69.7 Å². The summed E-state index contributed by atoms with van der Waals surface area (Å²) in [5.41, 5.74) is 4.45. The molecular formula is C19H20Cl2N2. The first-order valence-electron chi connectivity index (χ1n) is 7.55. The van der Waals surface area contributed by atoms with E-state index in [0.717, 1.165) is 23.6 Å². The number of benzene rings is 2. The van der Waals surface area contributed by atoms with Crippen LogP contribution in [0.3, 0.4) is 0 Å². The average Bonchev–Trinajstić information content (AvgIpc) is 2.54. The van der Waals surface area contributed by atoms with Crippen molar-refractivity contribution in [2.24, 2.45) is 0 Å². The predicted molar refractivity (Wildman–Crippen MR) is 97.3 cm³/mol. The molecule has 1 heterocycles. The second-order valence-corrected chi connectivity index (χ2v) is 6.83. The minimum atomic E-state index is -0.0894. The summed E-state index contributed by atoms with van der Waals surface area (Å²) in [6, 6.07) is 16.5. The number of fused-ring (bicyclic) bond motifs is 1. The third-order valence-corrected chi connectivity index (χ3v) is 4.89. The van der Waals surface area contributed by atoms with Gasteiger partial charge in [0, 0.05) is 16.5 Å². The van der Waals surface area contributed by atoms with Gasteiger partial charge in [0.15, 0.2) is 0 Å². The molecule has 0 aliphatic carbocycles. The fourth-order valence-electron chi connectivity index (χ4n) is 3.31. The van der Waals surface area contributed by atoms with Gasteiger partial charge in [-0.1, -0.05) is 43.6 Å². The zero-order valence-corrected chi connectivity index (χ0v) is 14.8. The van der Waals surface area contributed by atoms with Crippen LogP contribution >= 0.6 is 24.0 Å². The van der Waals surface area contributed by atoms with E-state index in [2.05, 4.69) is 43.4 Å². The van der Waals surface area contributed by atoms with E-state index in [1.54, 1.807) is 0 Å². The molecule has 23 heavy (non-hydrogen) atoms. The molecule has 2 aromatic carbocycles. The van der Waals surface area contributed by atoms with Gasteiger partial charge >= 0.3 is 0 Å². The van der Waals surface area contributed by atoms with E-state index in [1.807, 2.05) is 24.3 Å². The van der Waals surface area contributed by atoms with Crippen LogP contribution in [0.1, 0.15) is 42.1 Å². The Morgan fingerprint density at radius 1 is 1.17 bits per heavy atom. The summed E-state index contributed by atoms with van der Waals surface area (Å²) in [5.74, 6) is 0. The van der Waals surface area contributed by atoms with Crippen molar-refractivity contribution in [1.82, 2.24) is 5.32 Å². The molecule has 1 unspecified atom stereocenters. The van der Waals surface area contributed by atoms with Crippen LogP contribution in [0.5, 0.6) is 0 Å². The Morgan fingerprint density at radius 3 is 2.52 bits per heavy atom. The van der Waals surface area contributed by atoms with E-state index < -0.39 is 0 Å². The van der Waals surface area contributed by atoms with Crippen LogP contribution in [0.4, 0.5) is 0 Å². The van der Waals surface area contributed by atoms with E-state index in [9.17, 15) is 5.26 Å². The number of nitriles is 1. The zero-order chi connectivity index (χ0) is 15.7. The molecule has 0 fully saturated rings. The fraction of sp³-hybridized carbons (Fsp3) is 0.316. The van der Waals surface area contributed by atoms with E-state index in [0.29, 0.717) is 0 Å². The summed E-state index contributed by atoms with van der Waals surface area (Å²) in [6.07, 6.45) is 1.01. The summed E-state index contributed by atoms with van der Waals surface area (Å²) in [6.45, 7) is 5.44. The number of hydrogen-bond acceptors (Lipinski definition) is 2. The topological polar surface area (TPSA) is 35.8 Å². The highest BCUT2D eigenvalue weighted by Crippen LogP contribution is 2.40. The first-order chi connectivity index (χ1) is 10.5. The Balaban J connectivity index is 0.00000192. The Hall–Kier alpha value is -1.53. The molecule has 0 saturated heterocycles. The highest BCUT2D eigenvalue weighted by molar-refractivity contribution is 6.30. The lowest BCUT2D eigenvalue weighted by Gasteiger charge is -2.39. The number of nitrogens with one attached hydrogen (secondary N) is 1. The van der Waals surface area contributed by atoms with Crippen molar-refractivity contribution < 1.29 is 0 Å². The molecule has 0 aromatic heterocycles. The fourth-order valence-corrected chi connectivity index (χ4v) is 3.44. The third-order valence-electron chi connectivity index (χ3n) is 4.64. The molecule has 0 bridgehead atoms. The quantitative estimate of drug-likeness (QED) is 0.847. The number of halogens is 2. The average molecular weight is 347 g/mol. The summed E-state index contributed by atoms with van der Waals surface area (Å²) >= 11 is 6.02. The number of hydrogen-bond donors (Lipinski definition) is 1. The number of rotatable bonds is 2. The van der Waals surface area contributed by atoms with Crippen LogP contribution < -0.4 is 5.32 Å². The maximum Gasteiger partial charge on any atom is 0.0991 e. The Morgan fingerprint density at radius 2 is 1.87 bits per heavy atom. The minimum Gasteiger partial charge on any atom is -0.309 e. The van der Waals surface area contributed by atoms with Gasteiger partial charge in [0.1, 0.15) is 0 Å². The molecule has 0 saturated carbocycles. The highest BCUT2D eigenvalue weighted by Gasteiger charge is 2.35. The normalized spacial score (nSPS) is 16.9. The van der Waals surface area contributed by atoms with Gasteiger partial charge in [-0.15, -0.1) is 12.4 Å². The molecule has 2 nitrogen and oxygen atoms in total. The van der Waals surface area contributed by atoms with Crippen molar-refractivity contribution in [3.8, 4) is 6.07 Å². The summed E-state index contributed by atoms with van der Waals surface area (Å²) < 4.78 is 0. The Bertz CT molecular complexity index is 730. The van der Waals surface area contributed by atoms with E-state index in [4.69, 9.17) is 11.6 Å². The van der Waals surface area contributed by atoms with Crippen molar-refractivity contribution in [2.75, 3.05) is 6.54 Å². The van der Waals surface area contributed by atoms with Crippen molar-refractivity contribution >= 4 is 24.0 Å². The molecule has 2 aromatic rings. The van der Waals surface area contributed by atoms with Gasteiger partial charge < -0.3 is 5.32 Å². The maximum absolute atomic E-state index is 9.19. The molecule has 4 heteroatoms. The minimum absolute atomic E-state index is 0. The largest absolute Gasteiger partial charge is 0.309 e. The Kier molecular flexibility index (Phi) is 5.37. The highest BCUT2D eigenvalue weighted by atomic mass is 35.5. The monoisotopic (exact) mass is 346 g/mol. The second kappa shape index (κ2) is 6.93. The second-order valence-electron chi connectivity index (χ2n) is 6.39. The van der Waals surface area contributed by atoms with Crippen LogP contribution in [0, 0.1) is 11.3 Å². The van der Waals surface area contributed by atoms with E-state index in [1.165, 1.54) is 16.7 Å². The molecule has 0 spiro atoms. The first-order valence-corrected chi connectivity index (χ1v) is 7.92. The van der Waals surface area contributed by atoms with E-state index in [-0.39, 0.29) is 23.9 Å². The molecule has 1 N–H and O–H groups in total. The molecule has 1 aliphatic heterocycles. The van der Waals surface area contributed by atoms with Crippen LogP contribution in [0.15, 0.2) is 42.5 Å². The van der Waals surface area contributed by atoms with E-state index >= 15 is 0 Å². The van der Waals surface area contributed by atoms with Gasteiger partial charge in [-0.05, 0) is 53.9 Å². The van der Waals surface area contributed by atoms with Gasteiger partial charge in [-0.2, -0.15) is 5.26 Å². The lowest BCUT2D eigenvalue weighted by Crippen LogP contribution is -2.41. The molecule has 1 atom stereocenters. The molecule has 1 aliphatic rings. The van der Waals surface area contributed by atoms with Crippen LogP contribution in [0.25, 0.3) is 0 Å². The lowest BCUT2D eigenvalue weighted by atomic mass is 9.72. The predicted octanol–water partition coefficient (Wildman–Crippen LogP) is 4.80. The first kappa shape index (κ1) is 17.8. The summed E-state index contributed by atoms with van der Waals surface area (Å²) in [5, 5.41) is 13.6. The van der Waals surface area contributed by atoms with Gasteiger partial charge in [-0.3, -0.25) is 0 Å². The summed E-state index contributed by atoms with van der Waals surface area (Å²) in [4.78, 5) is 0. The molecule has 120 valence electrons. The molecule has 3 rings (SSSR count). The maximum atomic E-state index is 9.19.